The van der Waals surface area contributed by atoms with Gasteiger partial charge in [0.15, 0.2) is 12.3 Å². The van der Waals surface area contributed by atoms with E-state index in [1.54, 1.807) is 12.1 Å². The van der Waals surface area contributed by atoms with Gasteiger partial charge in [-0.2, -0.15) is 21.4 Å². The Morgan fingerprint density at radius 3 is 2.00 bits per heavy atom. The van der Waals surface area contributed by atoms with E-state index in [2.05, 4.69) is 139 Å². The van der Waals surface area contributed by atoms with Crippen LogP contribution in [0.3, 0.4) is 0 Å². The highest BCUT2D eigenvalue weighted by molar-refractivity contribution is 7.86. The molecule has 6 rings (SSSR count). The van der Waals surface area contributed by atoms with Gasteiger partial charge in [-0.15, -0.1) is 0 Å². The van der Waals surface area contributed by atoms with Crippen LogP contribution in [-0.2, 0) is 42.2 Å². The number of fused-ring (bicyclic) bond motifs is 2. The van der Waals surface area contributed by atoms with E-state index >= 15 is 0 Å². The quantitative estimate of drug-likeness (QED) is 0.0548. The van der Waals surface area contributed by atoms with Crippen LogP contribution in [0.1, 0.15) is 97.3 Å². The van der Waals surface area contributed by atoms with Crippen molar-refractivity contribution < 1.29 is 49.0 Å². The normalized spacial score (nSPS) is 18.4. The van der Waals surface area contributed by atoms with Gasteiger partial charge in [-0.1, -0.05) is 38.1 Å². The molecule has 0 spiro atoms. The molecule has 3 aromatic carbocycles. The first-order chi connectivity index (χ1) is 32.7. The molecule has 71 heavy (non-hydrogen) atoms. The minimum atomic E-state index is -4.43. The van der Waals surface area contributed by atoms with Gasteiger partial charge in [-0.05, 0) is 131 Å². The smallest absolute Gasteiger partial charge is 0.407 e. The molecule has 0 radical (unpaired) electrons. The predicted molar refractivity (Wildman–Crippen MR) is 285 cm³/mol. The second kappa shape index (κ2) is 20.8. The van der Waals surface area contributed by atoms with Gasteiger partial charge in [0.2, 0.25) is 5.69 Å². The first-order valence-corrected chi connectivity index (χ1v) is 27.6. The number of rotatable bonds is 18. The molecule has 0 saturated heterocycles. The molecule has 3 aliphatic rings. The van der Waals surface area contributed by atoms with Gasteiger partial charge in [-0.25, -0.2) is 4.79 Å². The number of hydrogen-bond donors (Lipinski definition) is 4. The van der Waals surface area contributed by atoms with Crippen molar-refractivity contribution in [1.29, 1.82) is 0 Å². The molecule has 1 amide bonds. The van der Waals surface area contributed by atoms with E-state index in [0.29, 0.717) is 26.1 Å². The van der Waals surface area contributed by atoms with Crippen LogP contribution in [0.15, 0.2) is 117 Å². The number of quaternary nitrogens is 2. The standard InChI is InChI=1S/C55H76N6O8S2/c1-53(2,3)69-52(62)56-32-31-39-19-23-42(24-20-39)57-51-40(21-29-49-54(4,5)45-37-43(70(63,64)65)25-27-47(45)58(49)33-15-35-60(8,9)10)17-14-18-41(51)22-30-50-55(6,7)46-38-44(71(66,67)68)26-28-48(46)59(50)34-16-36-61(11,12)13/h19-30,37-38H,14-18,31-36H2,1-13H3,(H-2,56,62,63,64,65,66,67,68)/p+3/b40-21+,49-29+. The monoisotopic (exact) mass is 1020 g/mol. The molecular weight excluding hydrogens is 937 g/mol. The van der Waals surface area contributed by atoms with Gasteiger partial charge in [0.05, 0.1) is 77.0 Å². The summed E-state index contributed by atoms with van der Waals surface area (Å²) in [4.78, 5) is 14.4. The largest absolute Gasteiger partial charge is 0.444 e. The zero-order valence-corrected chi connectivity index (χ0v) is 45.9. The van der Waals surface area contributed by atoms with Crippen molar-refractivity contribution in [2.75, 3.05) is 85.2 Å². The molecule has 4 N–H and O–H groups in total. The van der Waals surface area contributed by atoms with Crippen LogP contribution in [0.5, 0.6) is 0 Å². The Labute approximate surface area is 424 Å². The summed E-state index contributed by atoms with van der Waals surface area (Å²) in [6.07, 6.45) is 13.2. The first kappa shape index (κ1) is 55.2. The summed E-state index contributed by atoms with van der Waals surface area (Å²) >= 11 is 0. The molecule has 2 aliphatic heterocycles. The third-order valence-corrected chi connectivity index (χ3v) is 15.2. The summed E-state index contributed by atoms with van der Waals surface area (Å²) in [5, 5.41) is 6.66. The SMILES string of the molecule is CC(C)(C)OC(=O)NCCc1ccc(NC2=C(/C=C/C3=[N+](CCC[N+](C)(C)C)c4ccc(S(=O)(=O)O)cc4C3(C)C)CCC/C2=C\C=C2\N(CCC[N+](C)(C)C)c3ccc(S(=O)(=O)O)cc3C2(C)C)cc1. The van der Waals surface area contributed by atoms with Gasteiger partial charge < -0.3 is 29.2 Å². The fourth-order valence-electron chi connectivity index (χ4n) is 9.82. The van der Waals surface area contributed by atoms with Crippen LogP contribution in [0.25, 0.3) is 0 Å². The number of anilines is 2. The molecule has 16 heteroatoms. The van der Waals surface area contributed by atoms with Crippen molar-refractivity contribution in [3.05, 3.63) is 124 Å². The average molecular weight is 1020 g/mol. The summed E-state index contributed by atoms with van der Waals surface area (Å²) in [6.45, 7) is 17.6. The molecule has 1 aliphatic carbocycles. The van der Waals surface area contributed by atoms with Crippen molar-refractivity contribution in [2.24, 2.45) is 0 Å². The van der Waals surface area contributed by atoms with E-state index in [0.717, 1.165) is 116 Å². The lowest BCUT2D eigenvalue weighted by atomic mass is 9.81. The number of hydrogen-bond acceptors (Lipinski definition) is 8. The Hall–Kier alpha value is -5.10. The van der Waals surface area contributed by atoms with Gasteiger partial charge in [0, 0.05) is 65.4 Å². The lowest BCUT2D eigenvalue weighted by molar-refractivity contribution is -0.871. The van der Waals surface area contributed by atoms with Gasteiger partial charge in [0.25, 0.3) is 20.2 Å². The Morgan fingerprint density at radius 2 is 1.39 bits per heavy atom. The van der Waals surface area contributed by atoms with Crippen LogP contribution in [-0.4, -0.2) is 132 Å². The number of carbonyl (C=O) groups is 1. The Morgan fingerprint density at radius 1 is 0.789 bits per heavy atom. The molecule has 0 fully saturated rings. The van der Waals surface area contributed by atoms with Crippen molar-refractivity contribution >= 4 is 49.1 Å². The molecule has 0 aromatic heterocycles. The second-order valence-electron chi connectivity index (χ2n) is 23.3. The van der Waals surface area contributed by atoms with Crippen molar-refractivity contribution in [3.8, 4) is 0 Å². The third-order valence-electron chi connectivity index (χ3n) is 13.5. The number of alkyl carbamates (subject to hydrolysis) is 1. The number of nitrogens with zero attached hydrogens (tertiary/aromatic N) is 4. The summed E-state index contributed by atoms with van der Waals surface area (Å²) in [7, 11) is 4.17. The van der Waals surface area contributed by atoms with E-state index in [1.165, 1.54) is 12.1 Å². The van der Waals surface area contributed by atoms with E-state index in [9.17, 15) is 30.7 Å². The van der Waals surface area contributed by atoms with E-state index in [1.807, 2.05) is 32.9 Å². The minimum Gasteiger partial charge on any atom is -0.444 e. The topological polar surface area (TPSA) is 165 Å². The summed E-state index contributed by atoms with van der Waals surface area (Å²) < 4.78 is 79.0. The average Bonchev–Trinajstić information content (AvgIpc) is 3.58. The predicted octanol–water partition coefficient (Wildman–Crippen LogP) is 9.53. The number of benzene rings is 3. The van der Waals surface area contributed by atoms with Crippen LogP contribution in [0, 0.1) is 0 Å². The number of allylic oxidation sites excluding steroid dienone is 7. The maximum absolute atomic E-state index is 12.4. The zero-order chi connectivity index (χ0) is 52.5. The van der Waals surface area contributed by atoms with Crippen LogP contribution in [0.2, 0.25) is 0 Å². The third kappa shape index (κ3) is 13.9. The molecule has 386 valence electrons. The van der Waals surface area contributed by atoms with Gasteiger partial charge in [-0.3, -0.25) is 9.11 Å². The molecule has 3 aromatic rings. The lowest BCUT2D eigenvalue weighted by Crippen LogP contribution is -2.37. The highest BCUT2D eigenvalue weighted by Crippen LogP contribution is 2.49. The first-order valence-electron chi connectivity index (χ1n) is 24.7. The molecule has 0 bridgehead atoms. The number of carbonyl (C=O) groups excluding carboxylic acids is 1. The van der Waals surface area contributed by atoms with E-state index in [-0.39, 0.29) is 9.79 Å². The Balaban J connectivity index is 1.45. The maximum atomic E-state index is 12.4. The fourth-order valence-corrected chi connectivity index (χ4v) is 10.8. The minimum absolute atomic E-state index is 0.129. The van der Waals surface area contributed by atoms with Crippen molar-refractivity contribution in [1.82, 2.24) is 5.32 Å². The molecule has 0 saturated carbocycles. The van der Waals surface area contributed by atoms with Crippen LogP contribution >= 0.6 is 0 Å². The highest BCUT2D eigenvalue weighted by atomic mass is 32.2. The Kier molecular flexibility index (Phi) is 16.2. The highest BCUT2D eigenvalue weighted by Gasteiger charge is 2.45. The van der Waals surface area contributed by atoms with Gasteiger partial charge >= 0.3 is 6.09 Å². The second-order valence-corrected chi connectivity index (χ2v) is 26.2. The lowest BCUT2D eigenvalue weighted by Gasteiger charge is -2.29. The number of ether oxygens (including phenoxy) is 1. The Bertz CT molecular complexity index is 2890. The summed E-state index contributed by atoms with van der Waals surface area (Å²) in [5.74, 6) is 0. The zero-order valence-electron chi connectivity index (χ0n) is 44.3. The maximum Gasteiger partial charge on any atom is 0.407 e. The summed E-state index contributed by atoms with van der Waals surface area (Å²) in [5.41, 5.74) is 8.88. The number of amides is 1. The van der Waals surface area contributed by atoms with E-state index < -0.39 is 42.8 Å². The van der Waals surface area contributed by atoms with Crippen molar-refractivity contribution in [2.45, 2.75) is 113 Å². The number of nitrogens with one attached hydrogen (secondary N) is 2. The molecule has 0 atom stereocenters. The van der Waals surface area contributed by atoms with Crippen LogP contribution < -0.4 is 15.5 Å². The van der Waals surface area contributed by atoms with Gasteiger partial charge in [0.1, 0.15) is 5.60 Å². The molecular formula is C55H79N6O8S2+3. The van der Waals surface area contributed by atoms with Crippen LogP contribution in [0.4, 0.5) is 21.9 Å². The molecule has 0 unspecified atom stereocenters. The molecule has 2 heterocycles. The van der Waals surface area contributed by atoms with Crippen molar-refractivity contribution in [3.63, 3.8) is 0 Å². The fraction of sp³-hybridized carbons (Fsp3) is 0.491. The van der Waals surface area contributed by atoms with E-state index in [4.69, 9.17) is 4.74 Å². The summed E-state index contributed by atoms with van der Waals surface area (Å²) in [6, 6.07) is 18.0. The molecule has 14 nitrogen and oxygen atoms in total.